The van der Waals surface area contributed by atoms with Crippen LogP contribution in [0.1, 0.15) is 37.5 Å². The van der Waals surface area contributed by atoms with E-state index in [-0.39, 0.29) is 16.8 Å². The van der Waals surface area contributed by atoms with Crippen LogP contribution in [0.5, 0.6) is 0 Å². The quantitative estimate of drug-likeness (QED) is 0.782. The Kier molecular flexibility index (Phi) is 4.49. The molecule has 1 atom stereocenters. The van der Waals surface area contributed by atoms with Crippen molar-refractivity contribution in [3.63, 3.8) is 0 Å². The predicted octanol–water partition coefficient (Wildman–Crippen LogP) is 1.73. The molecule has 0 amide bonds. The third-order valence-corrected chi connectivity index (χ3v) is 3.38. The molecule has 1 aromatic rings. The number of hydrogen-bond donors (Lipinski definition) is 0. The van der Waals surface area contributed by atoms with Crippen LogP contribution in [0.3, 0.4) is 0 Å². The van der Waals surface area contributed by atoms with Crippen LogP contribution in [0, 0.1) is 0 Å². The van der Waals surface area contributed by atoms with Crippen LogP contribution >= 0.6 is 11.6 Å². The maximum absolute atomic E-state index is 12.1. The van der Waals surface area contributed by atoms with E-state index >= 15 is 0 Å². The van der Waals surface area contributed by atoms with Crippen molar-refractivity contribution < 1.29 is 9.53 Å². The first kappa shape index (κ1) is 13.2. The Morgan fingerprint density at radius 3 is 3.06 bits per heavy atom. The van der Waals surface area contributed by atoms with E-state index in [2.05, 4.69) is 5.10 Å². The molecule has 5 nitrogen and oxygen atoms in total. The minimum absolute atomic E-state index is 0.140. The second-order valence-electron chi connectivity index (χ2n) is 4.26. The first-order valence-corrected chi connectivity index (χ1v) is 6.43. The smallest absolute Gasteiger partial charge is 0.288 e. The molecule has 2 rings (SSSR count). The Morgan fingerprint density at radius 2 is 2.39 bits per heavy atom. The lowest BCUT2D eigenvalue weighted by Crippen LogP contribution is -2.31. The molecule has 1 aliphatic heterocycles. The average molecular weight is 271 g/mol. The van der Waals surface area contributed by atoms with E-state index in [0.29, 0.717) is 25.0 Å². The third kappa shape index (κ3) is 2.79. The lowest BCUT2D eigenvalue weighted by Gasteiger charge is -2.23. The number of ether oxygens (including phenoxy) is 1. The van der Waals surface area contributed by atoms with Gasteiger partial charge in [-0.1, -0.05) is 11.6 Å². The van der Waals surface area contributed by atoms with Crippen molar-refractivity contribution in [2.45, 2.75) is 38.3 Å². The fraction of sp³-hybridized carbons (Fsp3) is 0.583. The number of aldehydes is 1. The minimum atomic E-state index is -0.341. The number of halogens is 1. The van der Waals surface area contributed by atoms with Crippen LogP contribution < -0.4 is 5.56 Å². The number of aryl methyl sites for hydroxylation is 1. The normalized spacial score (nSPS) is 19.7. The average Bonchev–Trinajstić information content (AvgIpc) is 2.41. The zero-order valence-electron chi connectivity index (χ0n) is 9.97. The van der Waals surface area contributed by atoms with Crippen molar-refractivity contribution in [2.24, 2.45) is 0 Å². The van der Waals surface area contributed by atoms with Gasteiger partial charge in [-0.05, 0) is 31.2 Å². The number of carbonyl (C=O) groups is 1. The molecule has 18 heavy (non-hydrogen) atoms. The van der Waals surface area contributed by atoms with Gasteiger partial charge in [0.25, 0.3) is 5.56 Å². The van der Waals surface area contributed by atoms with Gasteiger partial charge in [-0.2, -0.15) is 9.78 Å². The van der Waals surface area contributed by atoms with Crippen molar-refractivity contribution >= 4 is 17.9 Å². The van der Waals surface area contributed by atoms with Gasteiger partial charge in [0.1, 0.15) is 11.3 Å². The molecule has 1 unspecified atom stereocenters. The standard InChI is InChI=1S/C12H15ClN2O3/c13-11-9(4-3-6-16)8-14-15(12(11)17)10-5-1-2-7-18-10/h6,8,10H,1-5,7H2. The summed E-state index contributed by atoms with van der Waals surface area (Å²) >= 11 is 6.01. The Labute approximate surface area is 110 Å². The second-order valence-corrected chi connectivity index (χ2v) is 4.64. The van der Waals surface area contributed by atoms with Crippen molar-refractivity contribution in [2.75, 3.05) is 6.61 Å². The summed E-state index contributed by atoms with van der Waals surface area (Å²) in [6.07, 6.45) is 5.61. The van der Waals surface area contributed by atoms with Gasteiger partial charge in [0.05, 0.1) is 6.20 Å². The molecule has 0 radical (unpaired) electrons. The zero-order chi connectivity index (χ0) is 13.0. The first-order valence-electron chi connectivity index (χ1n) is 6.05. The van der Waals surface area contributed by atoms with Gasteiger partial charge in [0, 0.05) is 13.0 Å². The van der Waals surface area contributed by atoms with Crippen molar-refractivity contribution in [1.29, 1.82) is 0 Å². The van der Waals surface area contributed by atoms with E-state index in [1.807, 2.05) is 0 Å². The summed E-state index contributed by atoms with van der Waals surface area (Å²) < 4.78 is 6.80. The minimum Gasteiger partial charge on any atom is -0.356 e. The Morgan fingerprint density at radius 1 is 1.56 bits per heavy atom. The Hall–Kier alpha value is -1.20. The van der Waals surface area contributed by atoms with Crippen molar-refractivity contribution in [3.8, 4) is 0 Å². The molecular weight excluding hydrogens is 256 g/mol. The molecule has 0 N–H and O–H groups in total. The largest absolute Gasteiger partial charge is 0.356 e. The van der Waals surface area contributed by atoms with Crippen molar-refractivity contribution in [3.05, 3.63) is 27.1 Å². The van der Waals surface area contributed by atoms with E-state index in [4.69, 9.17) is 16.3 Å². The molecule has 0 saturated carbocycles. The highest BCUT2D eigenvalue weighted by molar-refractivity contribution is 6.31. The molecule has 0 bridgehead atoms. The molecule has 1 aromatic heterocycles. The highest BCUT2D eigenvalue weighted by atomic mass is 35.5. The molecule has 2 heterocycles. The fourth-order valence-electron chi connectivity index (χ4n) is 1.99. The number of aromatic nitrogens is 2. The summed E-state index contributed by atoms with van der Waals surface area (Å²) in [5, 5.41) is 4.23. The van der Waals surface area contributed by atoms with E-state index in [9.17, 15) is 9.59 Å². The highest BCUT2D eigenvalue weighted by Gasteiger charge is 2.20. The molecule has 1 fully saturated rings. The lowest BCUT2D eigenvalue weighted by atomic mass is 10.1. The SMILES string of the molecule is O=CCCc1cnn(C2CCCCO2)c(=O)c1Cl. The first-order chi connectivity index (χ1) is 8.74. The lowest BCUT2D eigenvalue weighted by molar-refractivity contribution is -0.107. The van der Waals surface area contributed by atoms with Gasteiger partial charge in [-0.3, -0.25) is 4.79 Å². The topological polar surface area (TPSA) is 61.2 Å². The number of nitrogens with zero attached hydrogens (tertiary/aromatic N) is 2. The third-order valence-electron chi connectivity index (χ3n) is 2.98. The van der Waals surface area contributed by atoms with E-state index < -0.39 is 0 Å². The van der Waals surface area contributed by atoms with Gasteiger partial charge < -0.3 is 9.53 Å². The molecule has 0 spiro atoms. The molecule has 1 saturated heterocycles. The summed E-state index contributed by atoms with van der Waals surface area (Å²) in [5.41, 5.74) is 0.271. The van der Waals surface area contributed by atoms with Gasteiger partial charge in [-0.15, -0.1) is 0 Å². The molecule has 0 aromatic carbocycles. The number of rotatable bonds is 4. The molecule has 6 heteroatoms. The monoisotopic (exact) mass is 270 g/mol. The van der Waals surface area contributed by atoms with E-state index in [0.717, 1.165) is 25.5 Å². The second kappa shape index (κ2) is 6.11. The maximum Gasteiger partial charge on any atom is 0.288 e. The van der Waals surface area contributed by atoms with Crippen LogP contribution in [0.2, 0.25) is 5.02 Å². The van der Waals surface area contributed by atoms with E-state index in [1.165, 1.54) is 4.68 Å². The molecule has 98 valence electrons. The molecular formula is C12H15ClN2O3. The summed E-state index contributed by atoms with van der Waals surface area (Å²) in [6.45, 7) is 0.642. The van der Waals surface area contributed by atoms with E-state index in [1.54, 1.807) is 6.20 Å². The molecule has 1 aliphatic rings. The van der Waals surface area contributed by atoms with Gasteiger partial charge in [0.15, 0.2) is 6.23 Å². The Balaban J connectivity index is 2.25. The number of carbonyl (C=O) groups excluding carboxylic acids is 1. The maximum atomic E-state index is 12.1. The van der Waals surface area contributed by atoms with Gasteiger partial charge >= 0.3 is 0 Å². The summed E-state index contributed by atoms with van der Waals surface area (Å²) in [7, 11) is 0. The number of hydrogen-bond acceptors (Lipinski definition) is 4. The summed E-state index contributed by atoms with van der Waals surface area (Å²) in [5.74, 6) is 0. The Bertz CT molecular complexity index is 481. The molecule has 0 aliphatic carbocycles. The van der Waals surface area contributed by atoms with Crippen LogP contribution in [0.25, 0.3) is 0 Å². The zero-order valence-corrected chi connectivity index (χ0v) is 10.7. The highest BCUT2D eigenvalue weighted by Crippen LogP contribution is 2.21. The fourth-order valence-corrected chi connectivity index (χ4v) is 2.22. The van der Waals surface area contributed by atoms with Crippen LogP contribution in [0.4, 0.5) is 0 Å². The predicted molar refractivity (Wildman–Crippen MR) is 66.7 cm³/mol. The van der Waals surface area contributed by atoms with Crippen LogP contribution in [-0.4, -0.2) is 22.7 Å². The van der Waals surface area contributed by atoms with Crippen LogP contribution in [0.15, 0.2) is 11.0 Å². The van der Waals surface area contributed by atoms with Crippen LogP contribution in [-0.2, 0) is 16.0 Å². The van der Waals surface area contributed by atoms with Gasteiger partial charge in [-0.25, -0.2) is 0 Å². The van der Waals surface area contributed by atoms with Crippen molar-refractivity contribution in [1.82, 2.24) is 9.78 Å². The summed E-state index contributed by atoms with van der Waals surface area (Å²) in [6, 6.07) is 0. The summed E-state index contributed by atoms with van der Waals surface area (Å²) in [4.78, 5) is 22.4. The van der Waals surface area contributed by atoms with Gasteiger partial charge in [0.2, 0.25) is 0 Å².